The first-order chi connectivity index (χ1) is 15.3. The maximum absolute atomic E-state index is 13.3. The molecule has 4 nitrogen and oxygen atoms in total. The molecule has 0 aromatic heterocycles. The molecule has 4 rings (SSSR count). The normalized spacial score (nSPS) is 16.6. The number of anilines is 1. The number of benzene rings is 2. The minimum Gasteiger partial charge on any atom is -0.492 e. The zero-order valence-electron chi connectivity index (χ0n) is 18.8. The summed E-state index contributed by atoms with van der Waals surface area (Å²) in [6.07, 6.45) is 7.61. The van der Waals surface area contributed by atoms with E-state index in [1.165, 1.54) is 37.7 Å². The summed E-state index contributed by atoms with van der Waals surface area (Å²) in [5.74, 6) is 2.58. The van der Waals surface area contributed by atoms with Gasteiger partial charge in [-0.2, -0.15) is 0 Å². The van der Waals surface area contributed by atoms with E-state index < -0.39 is 0 Å². The van der Waals surface area contributed by atoms with Crippen molar-refractivity contribution in [3.63, 3.8) is 0 Å². The predicted molar refractivity (Wildman–Crippen MR) is 141 cm³/mol. The molecule has 172 valence electrons. The third-order valence-electron chi connectivity index (χ3n) is 6.08. The molecule has 1 saturated carbocycles. The number of rotatable bonds is 7. The number of ether oxygens (including phenoxy) is 1. The fraction of sp³-hybridized carbons (Fsp3) is 0.462. The Labute approximate surface area is 206 Å². The van der Waals surface area contributed by atoms with Crippen LogP contribution in [-0.4, -0.2) is 36.4 Å². The number of thioether (sulfide) groups is 1. The van der Waals surface area contributed by atoms with E-state index in [-0.39, 0.29) is 29.3 Å². The number of ketones is 1. The average Bonchev–Trinajstić information content (AvgIpc) is 2.84. The maximum Gasteiger partial charge on any atom is 0.182 e. The summed E-state index contributed by atoms with van der Waals surface area (Å²) in [4.78, 5) is 20.0. The molecular weight excluding hydrogens is 484 g/mol. The van der Waals surface area contributed by atoms with E-state index in [2.05, 4.69) is 12.1 Å². The van der Waals surface area contributed by atoms with Crippen molar-refractivity contribution in [3.05, 3.63) is 59.7 Å². The molecule has 32 heavy (non-hydrogen) atoms. The Balaban J connectivity index is 0.00000289. The molecule has 2 aromatic rings. The molecule has 1 aliphatic carbocycles. The van der Waals surface area contributed by atoms with Gasteiger partial charge in [-0.15, -0.1) is 17.0 Å². The van der Waals surface area contributed by atoms with Gasteiger partial charge in [0, 0.05) is 17.9 Å². The molecule has 0 atom stereocenters. The van der Waals surface area contributed by atoms with Crippen LogP contribution in [0.1, 0.15) is 67.3 Å². The lowest BCUT2D eigenvalue weighted by Gasteiger charge is -2.28. The first kappa shape index (κ1) is 24.8. The molecule has 6 heteroatoms. The predicted octanol–water partition coefficient (Wildman–Crippen LogP) is 6.89. The third-order valence-corrected chi connectivity index (χ3v) is 7.18. The number of halogens is 1. The summed E-state index contributed by atoms with van der Waals surface area (Å²) in [6, 6.07) is 16.3. The number of hydrogen-bond acceptors (Lipinski definition) is 5. The number of aliphatic imine (C=N–C) groups is 1. The monoisotopic (exact) mass is 516 g/mol. The topological polar surface area (TPSA) is 41.9 Å². The summed E-state index contributed by atoms with van der Waals surface area (Å²) < 4.78 is 5.86. The summed E-state index contributed by atoms with van der Waals surface area (Å²) in [7, 11) is 0. The molecular formula is C26H33BrN2O2S. The van der Waals surface area contributed by atoms with Gasteiger partial charge < -0.3 is 9.64 Å². The van der Waals surface area contributed by atoms with Crippen LogP contribution >= 0.6 is 28.7 Å². The van der Waals surface area contributed by atoms with Crippen molar-refractivity contribution in [2.45, 2.75) is 51.4 Å². The highest BCUT2D eigenvalue weighted by Gasteiger charge is 2.23. The highest BCUT2D eigenvalue weighted by atomic mass is 79.9. The smallest absolute Gasteiger partial charge is 0.182 e. The van der Waals surface area contributed by atoms with Gasteiger partial charge in [0.1, 0.15) is 5.75 Å². The largest absolute Gasteiger partial charge is 0.492 e. The van der Waals surface area contributed by atoms with Crippen LogP contribution in [0.5, 0.6) is 5.75 Å². The minimum atomic E-state index is 0. The first-order valence-electron chi connectivity index (χ1n) is 11.6. The van der Waals surface area contributed by atoms with E-state index in [0.29, 0.717) is 12.5 Å². The summed E-state index contributed by atoms with van der Waals surface area (Å²) in [6.45, 7) is 3.63. The van der Waals surface area contributed by atoms with Crippen molar-refractivity contribution < 1.29 is 9.53 Å². The molecule has 2 aromatic carbocycles. The van der Waals surface area contributed by atoms with E-state index in [1.54, 1.807) is 11.8 Å². The zero-order chi connectivity index (χ0) is 21.5. The van der Waals surface area contributed by atoms with Crippen molar-refractivity contribution >= 4 is 45.4 Å². The molecule has 1 heterocycles. The Morgan fingerprint density at radius 2 is 1.81 bits per heavy atom. The number of carbonyl (C=O) groups is 1. The molecule has 0 radical (unpaired) electrons. The van der Waals surface area contributed by atoms with E-state index >= 15 is 0 Å². The van der Waals surface area contributed by atoms with Crippen molar-refractivity contribution in [2.75, 3.05) is 30.3 Å². The Hall–Kier alpha value is -1.79. The number of hydrogen-bond donors (Lipinski definition) is 0. The van der Waals surface area contributed by atoms with Crippen LogP contribution in [0.4, 0.5) is 5.69 Å². The fourth-order valence-electron chi connectivity index (χ4n) is 4.44. The lowest BCUT2D eigenvalue weighted by molar-refractivity contribution is 0.100. The molecule has 0 bridgehead atoms. The van der Waals surface area contributed by atoms with E-state index in [1.807, 2.05) is 48.2 Å². The fourth-order valence-corrected chi connectivity index (χ4v) is 5.39. The molecule has 2 aliphatic rings. The summed E-state index contributed by atoms with van der Waals surface area (Å²) in [5.41, 5.74) is 3.05. The standard InChI is InChI=1S/C26H32N2O2S.BrH/c1-2-30-25-12-7-6-11-23(25)28(26-27-17-8-18-31-26)19-24(29)22-15-13-21(14-16-22)20-9-4-3-5-10-20;/h6-7,11-16,20H,2-5,8-10,17-19H2,1H3;1H. The quantitative estimate of drug-likeness (QED) is 0.375. The van der Waals surface area contributed by atoms with E-state index in [9.17, 15) is 4.79 Å². The molecule has 0 amide bonds. The summed E-state index contributed by atoms with van der Waals surface area (Å²) >= 11 is 1.72. The minimum absolute atomic E-state index is 0. The van der Waals surface area contributed by atoms with E-state index in [0.717, 1.165) is 40.9 Å². The van der Waals surface area contributed by atoms with E-state index in [4.69, 9.17) is 9.73 Å². The molecule has 1 aliphatic heterocycles. The van der Waals surface area contributed by atoms with Gasteiger partial charge in [-0.1, -0.05) is 67.4 Å². The Kier molecular flexibility index (Phi) is 9.67. The second kappa shape index (κ2) is 12.4. The molecule has 0 N–H and O–H groups in total. The number of nitrogens with zero attached hydrogens (tertiary/aromatic N) is 2. The molecule has 0 saturated heterocycles. The van der Waals surface area contributed by atoms with Crippen LogP contribution in [0.3, 0.4) is 0 Å². The highest BCUT2D eigenvalue weighted by molar-refractivity contribution is 8.93. The van der Waals surface area contributed by atoms with Crippen molar-refractivity contribution in [1.82, 2.24) is 0 Å². The zero-order valence-corrected chi connectivity index (χ0v) is 21.3. The maximum atomic E-state index is 13.3. The van der Waals surface area contributed by atoms with Gasteiger partial charge in [0.2, 0.25) is 0 Å². The van der Waals surface area contributed by atoms with Crippen LogP contribution < -0.4 is 9.64 Å². The number of para-hydroxylation sites is 2. The van der Waals surface area contributed by atoms with Crippen molar-refractivity contribution in [2.24, 2.45) is 4.99 Å². The Morgan fingerprint density at radius 1 is 1.06 bits per heavy atom. The van der Waals surface area contributed by atoms with Crippen LogP contribution in [0, 0.1) is 0 Å². The van der Waals surface area contributed by atoms with Crippen LogP contribution in [0.25, 0.3) is 0 Å². The van der Waals surface area contributed by atoms with Gasteiger partial charge in [-0.25, -0.2) is 0 Å². The van der Waals surface area contributed by atoms with Crippen LogP contribution in [-0.2, 0) is 0 Å². The van der Waals surface area contributed by atoms with Gasteiger partial charge in [0.05, 0.1) is 18.8 Å². The van der Waals surface area contributed by atoms with Crippen LogP contribution in [0.15, 0.2) is 53.5 Å². The Bertz CT molecular complexity index is 910. The third kappa shape index (κ3) is 6.16. The average molecular weight is 518 g/mol. The van der Waals surface area contributed by atoms with Gasteiger partial charge in [0.25, 0.3) is 0 Å². The lowest BCUT2D eigenvalue weighted by Crippen LogP contribution is -2.36. The second-order valence-corrected chi connectivity index (χ2v) is 9.30. The molecule has 0 spiro atoms. The number of Topliss-reactive ketones (excluding diaryl/α,β-unsaturated/α-hetero) is 1. The van der Waals surface area contributed by atoms with Crippen LogP contribution in [0.2, 0.25) is 0 Å². The van der Waals surface area contributed by atoms with Gasteiger partial charge >= 0.3 is 0 Å². The molecule has 1 fully saturated rings. The molecule has 0 unspecified atom stereocenters. The highest BCUT2D eigenvalue weighted by Crippen LogP contribution is 2.34. The SMILES string of the molecule is Br.CCOc1ccccc1N(CC(=O)c1ccc(C2CCCCC2)cc1)C1=NCCCS1. The summed E-state index contributed by atoms with van der Waals surface area (Å²) in [5, 5.41) is 0.908. The number of amidine groups is 1. The first-order valence-corrected chi connectivity index (χ1v) is 12.5. The van der Waals surface area contributed by atoms with Crippen molar-refractivity contribution in [3.8, 4) is 5.75 Å². The van der Waals surface area contributed by atoms with Gasteiger partial charge in [-0.05, 0) is 49.8 Å². The van der Waals surface area contributed by atoms with Gasteiger partial charge in [0.15, 0.2) is 11.0 Å². The van der Waals surface area contributed by atoms with Gasteiger partial charge in [-0.3, -0.25) is 9.79 Å². The lowest BCUT2D eigenvalue weighted by atomic mass is 9.84. The Morgan fingerprint density at radius 3 is 2.50 bits per heavy atom. The van der Waals surface area contributed by atoms with Crippen molar-refractivity contribution in [1.29, 1.82) is 0 Å². The number of carbonyl (C=O) groups excluding carboxylic acids is 1. The second-order valence-electron chi connectivity index (χ2n) is 8.23.